The third-order valence-electron chi connectivity index (χ3n) is 3.02. The highest BCUT2D eigenvalue weighted by Crippen LogP contribution is 2.43. The van der Waals surface area contributed by atoms with Crippen LogP contribution < -0.4 is 0 Å². The summed E-state index contributed by atoms with van der Waals surface area (Å²) >= 11 is 0. The largest absolute Gasteiger partial charge is 0.481 e. The average molecular weight is 186 g/mol. The summed E-state index contributed by atoms with van der Waals surface area (Å²) in [5.41, 5.74) is -0.0272. The fraction of sp³-hybridized carbons (Fsp3) is 0.900. The normalized spacial score (nSPS) is 34.9. The maximum Gasteiger partial charge on any atom is 0.309 e. The van der Waals surface area contributed by atoms with Gasteiger partial charge in [0.1, 0.15) is 0 Å². The maximum absolute atomic E-state index is 10.9. The van der Waals surface area contributed by atoms with E-state index in [9.17, 15) is 9.90 Å². The predicted octanol–water partition coefficient (Wildman–Crippen LogP) is 1.50. The molecule has 0 aromatic heterocycles. The van der Waals surface area contributed by atoms with Crippen molar-refractivity contribution in [3.8, 4) is 0 Å². The molecule has 0 aliphatic heterocycles. The van der Waals surface area contributed by atoms with Crippen molar-refractivity contribution < 1.29 is 15.0 Å². The summed E-state index contributed by atoms with van der Waals surface area (Å²) < 4.78 is 0. The third kappa shape index (κ3) is 2.02. The van der Waals surface area contributed by atoms with Gasteiger partial charge in [-0.25, -0.2) is 0 Å². The number of rotatable bonds is 1. The summed E-state index contributed by atoms with van der Waals surface area (Å²) in [6.45, 7) is 6.10. The molecular formula is C10H18O3. The number of carboxylic acids is 1. The van der Waals surface area contributed by atoms with Gasteiger partial charge in [0.15, 0.2) is 0 Å². The van der Waals surface area contributed by atoms with Gasteiger partial charge in [-0.1, -0.05) is 20.8 Å². The zero-order valence-electron chi connectivity index (χ0n) is 8.45. The van der Waals surface area contributed by atoms with E-state index in [1.807, 2.05) is 20.8 Å². The van der Waals surface area contributed by atoms with E-state index < -0.39 is 18.0 Å². The Labute approximate surface area is 78.8 Å². The molecule has 3 unspecified atom stereocenters. The van der Waals surface area contributed by atoms with Gasteiger partial charge in [0.2, 0.25) is 0 Å². The monoisotopic (exact) mass is 186 g/mol. The molecule has 3 atom stereocenters. The molecule has 1 aliphatic carbocycles. The Morgan fingerprint density at radius 1 is 1.31 bits per heavy atom. The first kappa shape index (κ1) is 10.5. The van der Waals surface area contributed by atoms with E-state index in [0.29, 0.717) is 6.42 Å². The highest BCUT2D eigenvalue weighted by molar-refractivity contribution is 5.71. The quantitative estimate of drug-likeness (QED) is 0.652. The van der Waals surface area contributed by atoms with Crippen LogP contribution in [0.4, 0.5) is 0 Å². The first-order valence-electron chi connectivity index (χ1n) is 4.75. The van der Waals surface area contributed by atoms with Crippen LogP contribution in [0, 0.1) is 17.3 Å². The van der Waals surface area contributed by atoms with Crippen molar-refractivity contribution in [3.63, 3.8) is 0 Å². The predicted molar refractivity (Wildman–Crippen MR) is 49.3 cm³/mol. The summed E-state index contributed by atoms with van der Waals surface area (Å²) in [7, 11) is 0. The fourth-order valence-corrected chi connectivity index (χ4v) is 2.29. The molecule has 1 rings (SSSR count). The second-order valence-electron chi connectivity index (χ2n) is 4.98. The number of aliphatic carboxylic acids is 1. The van der Waals surface area contributed by atoms with Crippen LogP contribution in [-0.4, -0.2) is 22.3 Å². The molecule has 0 amide bonds. The van der Waals surface area contributed by atoms with E-state index in [1.165, 1.54) is 0 Å². The van der Waals surface area contributed by atoms with Gasteiger partial charge in [-0.05, 0) is 24.2 Å². The number of aliphatic hydroxyl groups is 1. The minimum atomic E-state index is -0.857. The lowest BCUT2D eigenvalue weighted by molar-refractivity contribution is -0.148. The Morgan fingerprint density at radius 2 is 1.85 bits per heavy atom. The lowest BCUT2D eigenvalue weighted by atomic mass is 9.74. The van der Waals surface area contributed by atoms with E-state index in [1.54, 1.807) is 0 Å². The highest BCUT2D eigenvalue weighted by Gasteiger charge is 2.45. The molecule has 1 aliphatic rings. The molecule has 0 saturated heterocycles. The van der Waals surface area contributed by atoms with Crippen molar-refractivity contribution in [2.75, 3.05) is 0 Å². The minimum absolute atomic E-state index is 0.0272. The summed E-state index contributed by atoms with van der Waals surface area (Å²) in [5, 5.41) is 18.5. The van der Waals surface area contributed by atoms with E-state index in [0.717, 1.165) is 6.42 Å². The van der Waals surface area contributed by atoms with Crippen LogP contribution in [0.15, 0.2) is 0 Å². The number of carboxylic acid groups (broad SMARTS) is 1. The van der Waals surface area contributed by atoms with E-state index in [2.05, 4.69) is 0 Å². The fourth-order valence-electron chi connectivity index (χ4n) is 2.29. The second kappa shape index (κ2) is 3.29. The molecular weight excluding hydrogens is 168 g/mol. The first-order valence-corrected chi connectivity index (χ1v) is 4.75. The van der Waals surface area contributed by atoms with Crippen molar-refractivity contribution in [1.82, 2.24) is 0 Å². The summed E-state index contributed by atoms with van der Waals surface area (Å²) in [4.78, 5) is 10.9. The van der Waals surface area contributed by atoms with Gasteiger partial charge in [0.05, 0.1) is 12.0 Å². The number of carbonyl (C=O) groups is 1. The van der Waals surface area contributed by atoms with Crippen LogP contribution in [0.5, 0.6) is 0 Å². The third-order valence-corrected chi connectivity index (χ3v) is 3.02. The van der Waals surface area contributed by atoms with Gasteiger partial charge < -0.3 is 10.2 Å². The van der Waals surface area contributed by atoms with Crippen LogP contribution >= 0.6 is 0 Å². The van der Waals surface area contributed by atoms with Gasteiger partial charge >= 0.3 is 5.97 Å². The Kier molecular flexibility index (Phi) is 2.66. The standard InChI is InChI=1S/C10H18O3/c1-10(2,3)6-4-5-7(11)8(6)9(12)13/h6-8,11H,4-5H2,1-3H3,(H,12,13). The average Bonchev–Trinajstić information content (AvgIpc) is 2.28. The molecule has 0 aromatic carbocycles. The van der Waals surface area contributed by atoms with E-state index in [-0.39, 0.29) is 11.3 Å². The molecule has 13 heavy (non-hydrogen) atoms. The molecule has 3 nitrogen and oxygen atoms in total. The SMILES string of the molecule is CC(C)(C)C1CCC(O)C1C(=O)O. The number of hydrogen-bond acceptors (Lipinski definition) is 2. The van der Waals surface area contributed by atoms with Crippen molar-refractivity contribution in [3.05, 3.63) is 0 Å². The van der Waals surface area contributed by atoms with Crippen LogP contribution in [0.3, 0.4) is 0 Å². The molecule has 0 bridgehead atoms. The van der Waals surface area contributed by atoms with Crippen molar-refractivity contribution in [2.24, 2.45) is 17.3 Å². The zero-order valence-corrected chi connectivity index (χ0v) is 8.45. The van der Waals surface area contributed by atoms with Crippen molar-refractivity contribution in [1.29, 1.82) is 0 Å². The van der Waals surface area contributed by atoms with Gasteiger partial charge in [0, 0.05) is 0 Å². The molecule has 1 fully saturated rings. The van der Waals surface area contributed by atoms with Crippen LogP contribution in [0.25, 0.3) is 0 Å². The molecule has 0 spiro atoms. The zero-order chi connectivity index (χ0) is 10.2. The van der Waals surface area contributed by atoms with Crippen LogP contribution in [0.2, 0.25) is 0 Å². The van der Waals surface area contributed by atoms with Crippen LogP contribution in [0.1, 0.15) is 33.6 Å². The molecule has 0 radical (unpaired) electrons. The van der Waals surface area contributed by atoms with Crippen molar-refractivity contribution >= 4 is 5.97 Å². The Morgan fingerprint density at radius 3 is 2.15 bits per heavy atom. The Balaban J connectivity index is 2.82. The van der Waals surface area contributed by atoms with Gasteiger partial charge in [-0.2, -0.15) is 0 Å². The maximum atomic E-state index is 10.9. The molecule has 0 aromatic rings. The molecule has 2 N–H and O–H groups in total. The Bertz CT molecular complexity index is 205. The Hall–Kier alpha value is -0.570. The summed E-state index contributed by atoms with van der Waals surface area (Å²) in [6.07, 6.45) is 0.794. The van der Waals surface area contributed by atoms with E-state index in [4.69, 9.17) is 5.11 Å². The molecule has 76 valence electrons. The van der Waals surface area contributed by atoms with Gasteiger partial charge in [-0.15, -0.1) is 0 Å². The lowest BCUT2D eigenvalue weighted by Crippen LogP contribution is -2.34. The topological polar surface area (TPSA) is 57.5 Å². The lowest BCUT2D eigenvalue weighted by Gasteiger charge is -2.30. The highest BCUT2D eigenvalue weighted by atomic mass is 16.4. The second-order valence-corrected chi connectivity index (χ2v) is 4.98. The van der Waals surface area contributed by atoms with Crippen LogP contribution in [-0.2, 0) is 4.79 Å². The smallest absolute Gasteiger partial charge is 0.309 e. The molecule has 0 heterocycles. The number of hydrogen-bond donors (Lipinski definition) is 2. The van der Waals surface area contributed by atoms with E-state index >= 15 is 0 Å². The number of aliphatic hydroxyl groups excluding tert-OH is 1. The van der Waals surface area contributed by atoms with Gasteiger partial charge in [0.25, 0.3) is 0 Å². The molecule has 1 saturated carbocycles. The first-order chi connectivity index (χ1) is 5.84. The van der Waals surface area contributed by atoms with Crippen molar-refractivity contribution in [2.45, 2.75) is 39.7 Å². The van der Waals surface area contributed by atoms with Gasteiger partial charge in [-0.3, -0.25) is 4.79 Å². The summed E-state index contributed by atoms with van der Waals surface area (Å²) in [6, 6.07) is 0. The summed E-state index contributed by atoms with van der Waals surface area (Å²) in [5.74, 6) is -1.33. The minimum Gasteiger partial charge on any atom is -0.481 e. The molecule has 3 heteroatoms.